The van der Waals surface area contributed by atoms with Crippen molar-refractivity contribution in [1.82, 2.24) is 15.3 Å². The highest BCUT2D eigenvalue weighted by Crippen LogP contribution is 2.10. The number of H-pyrrole nitrogens is 1. The molecule has 1 aromatic heterocycles. The van der Waals surface area contributed by atoms with E-state index in [4.69, 9.17) is 0 Å². The summed E-state index contributed by atoms with van der Waals surface area (Å²) in [4.78, 5) is 18.1. The molecule has 0 spiro atoms. The summed E-state index contributed by atoms with van der Waals surface area (Å²) in [5, 5.41) is 12.4. The summed E-state index contributed by atoms with van der Waals surface area (Å²) in [5.41, 5.74) is 0.855. The number of aromatic nitrogens is 2. The van der Waals surface area contributed by atoms with Crippen molar-refractivity contribution in [3.8, 4) is 0 Å². The van der Waals surface area contributed by atoms with Crippen LogP contribution in [0.15, 0.2) is 12.5 Å². The lowest BCUT2D eigenvalue weighted by Crippen LogP contribution is -2.39. The first-order chi connectivity index (χ1) is 11.2. The number of carboxylic acid groups (broad SMARTS) is 1. The summed E-state index contributed by atoms with van der Waals surface area (Å²) < 4.78 is 0. The smallest absolute Gasteiger partial charge is 0.321 e. The maximum absolute atomic E-state index is 11.2. The minimum atomic E-state index is -0.799. The first-order valence-corrected chi connectivity index (χ1v) is 9.17. The fourth-order valence-electron chi connectivity index (χ4n) is 2.75. The Morgan fingerprint density at radius 2 is 1.74 bits per heavy atom. The maximum atomic E-state index is 11.2. The quantitative estimate of drug-likeness (QED) is 0.428. The largest absolute Gasteiger partial charge is 0.480 e. The molecule has 0 radical (unpaired) electrons. The highest BCUT2D eigenvalue weighted by molar-refractivity contribution is 5.73. The van der Waals surface area contributed by atoms with E-state index in [0.29, 0.717) is 6.42 Å². The monoisotopic (exact) mass is 323 g/mol. The van der Waals surface area contributed by atoms with Crippen LogP contribution in [0.2, 0.25) is 0 Å². The van der Waals surface area contributed by atoms with Crippen LogP contribution in [0.1, 0.15) is 76.8 Å². The second-order valence-electron chi connectivity index (χ2n) is 6.31. The molecule has 0 aliphatic rings. The Labute approximate surface area is 140 Å². The number of unbranched alkanes of at least 4 members (excludes halogenated alkanes) is 9. The Hall–Kier alpha value is -1.36. The van der Waals surface area contributed by atoms with Gasteiger partial charge in [-0.05, 0) is 13.0 Å². The van der Waals surface area contributed by atoms with Crippen LogP contribution in [0.3, 0.4) is 0 Å². The van der Waals surface area contributed by atoms with Gasteiger partial charge in [0.25, 0.3) is 0 Å². The molecule has 0 fully saturated rings. The molecule has 0 bridgehead atoms. The Morgan fingerprint density at radius 1 is 1.13 bits per heavy atom. The van der Waals surface area contributed by atoms with Gasteiger partial charge in [0, 0.05) is 18.3 Å². The average molecular weight is 323 g/mol. The highest BCUT2D eigenvalue weighted by Gasteiger charge is 2.17. The fraction of sp³-hybridized carbons (Fsp3) is 0.778. The van der Waals surface area contributed by atoms with Crippen LogP contribution in [0, 0.1) is 0 Å². The SMILES string of the molecule is CCCCCCCCCCCCN[C@@H](Cc1cnc[nH]1)C(=O)O. The summed E-state index contributed by atoms with van der Waals surface area (Å²) in [6, 6.07) is -0.533. The first kappa shape index (κ1) is 19.7. The lowest BCUT2D eigenvalue weighted by atomic mass is 10.1. The predicted molar refractivity (Wildman–Crippen MR) is 93.6 cm³/mol. The number of nitrogens with zero attached hydrogens (tertiary/aromatic N) is 1. The van der Waals surface area contributed by atoms with Crippen LogP contribution in [0.25, 0.3) is 0 Å². The number of hydrogen-bond acceptors (Lipinski definition) is 3. The number of hydrogen-bond donors (Lipinski definition) is 3. The first-order valence-electron chi connectivity index (χ1n) is 9.17. The van der Waals surface area contributed by atoms with E-state index in [2.05, 4.69) is 22.2 Å². The molecule has 0 aliphatic heterocycles. The van der Waals surface area contributed by atoms with Gasteiger partial charge in [-0.1, -0.05) is 64.7 Å². The molecule has 1 atom stereocenters. The van der Waals surface area contributed by atoms with Crippen LogP contribution in [0.5, 0.6) is 0 Å². The number of carbonyl (C=O) groups is 1. The molecule has 5 nitrogen and oxygen atoms in total. The van der Waals surface area contributed by atoms with Gasteiger partial charge in [0.15, 0.2) is 0 Å². The summed E-state index contributed by atoms with van der Waals surface area (Å²) >= 11 is 0. The van der Waals surface area contributed by atoms with Gasteiger partial charge in [-0.15, -0.1) is 0 Å². The predicted octanol–water partition coefficient (Wildman–Crippen LogP) is 3.92. The van der Waals surface area contributed by atoms with Crippen LogP contribution >= 0.6 is 0 Å². The van der Waals surface area contributed by atoms with Gasteiger partial charge >= 0.3 is 5.97 Å². The van der Waals surface area contributed by atoms with E-state index in [1.165, 1.54) is 57.8 Å². The van der Waals surface area contributed by atoms with Crippen LogP contribution in [0.4, 0.5) is 0 Å². The lowest BCUT2D eigenvalue weighted by Gasteiger charge is -2.13. The topological polar surface area (TPSA) is 78.0 Å². The number of imidazole rings is 1. The number of aromatic amines is 1. The van der Waals surface area contributed by atoms with E-state index < -0.39 is 12.0 Å². The average Bonchev–Trinajstić information content (AvgIpc) is 3.04. The zero-order valence-corrected chi connectivity index (χ0v) is 14.5. The summed E-state index contributed by atoms with van der Waals surface area (Å²) in [5.74, 6) is -0.799. The van der Waals surface area contributed by atoms with Crippen molar-refractivity contribution in [3.05, 3.63) is 18.2 Å². The third-order valence-corrected chi connectivity index (χ3v) is 4.20. The van der Waals surface area contributed by atoms with E-state index in [9.17, 15) is 9.90 Å². The molecule has 1 heterocycles. The van der Waals surface area contributed by atoms with Gasteiger partial charge in [-0.3, -0.25) is 4.79 Å². The van der Waals surface area contributed by atoms with Crippen molar-refractivity contribution in [2.75, 3.05) is 6.54 Å². The minimum Gasteiger partial charge on any atom is -0.480 e. The zero-order chi connectivity index (χ0) is 16.8. The van der Waals surface area contributed by atoms with E-state index in [1.54, 1.807) is 12.5 Å². The molecule has 3 N–H and O–H groups in total. The molecule has 0 aromatic carbocycles. The van der Waals surface area contributed by atoms with Crippen molar-refractivity contribution in [2.24, 2.45) is 0 Å². The minimum absolute atomic E-state index is 0.451. The van der Waals surface area contributed by atoms with Gasteiger partial charge in [0.05, 0.1) is 6.33 Å². The highest BCUT2D eigenvalue weighted by atomic mass is 16.4. The molecule has 0 saturated carbocycles. The van der Waals surface area contributed by atoms with Gasteiger partial charge in [-0.2, -0.15) is 0 Å². The lowest BCUT2D eigenvalue weighted by molar-refractivity contribution is -0.139. The molecule has 0 unspecified atom stereocenters. The van der Waals surface area contributed by atoms with Gasteiger partial charge in [0.2, 0.25) is 0 Å². The maximum Gasteiger partial charge on any atom is 0.321 e. The molecule has 0 aliphatic carbocycles. The second kappa shape index (κ2) is 13.1. The third kappa shape index (κ3) is 10.1. The molecule has 23 heavy (non-hydrogen) atoms. The second-order valence-corrected chi connectivity index (χ2v) is 6.31. The van der Waals surface area contributed by atoms with Crippen LogP contribution in [-0.4, -0.2) is 33.6 Å². The van der Waals surface area contributed by atoms with Crippen molar-refractivity contribution >= 4 is 5.97 Å². The number of aliphatic carboxylic acids is 1. The molecular formula is C18H33N3O2. The van der Waals surface area contributed by atoms with Crippen molar-refractivity contribution in [3.63, 3.8) is 0 Å². The van der Waals surface area contributed by atoms with Crippen molar-refractivity contribution < 1.29 is 9.90 Å². The van der Waals surface area contributed by atoms with E-state index >= 15 is 0 Å². The standard InChI is InChI=1S/C18H33N3O2/c1-2-3-4-5-6-7-8-9-10-11-12-20-17(18(22)23)13-16-14-19-15-21-16/h14-15,17,20H,2-13H2,1H3,(H,19,21)(H,22,23)/t17-/m0/s1. The molecule has 1 aromatic rings. The number of rotatable bonds is 15. The fourth-order valence-corrected chi connectivity index (χ4v) is 2.75. The Bertz CT molecular complexity index is 393. The van der Waals surface area contributed by atoms with Crippen LogP contribution in [-0.2, 0) is 11.2 Å². The number of nitrogens with one attached hydrogen (secondary N) is 2. The van der Waals surface area contributed by atoms with E-state index in [-0.39, 0.29) is 0 Å². The van der Waals surface area contributed by atoms with Crippen molar-refractivity contribution in [1.29, 1.82) is 0 Å². The van der Waals surface area contributed by atoms with E-state index in [0.717, 1.165) is 18.7 Å². The van der Waals surface area contributed by atoms with Gasteiger partial charge in [0.1, 0.15) is 6.04 Å². The molecule has 0 amide bonds. The molecule has 132 valence electrons. The Balaban J connectivity index is 1.97. The van der Waals surface area contributed by atoms with Gasteiger partial charge < -0.3 is 15.4 Å². The Morgan fingerprint density at radius 3 is 2.26 bits per heavy atom. The number of carboxylic acids is 1. The molecule has 5 heteroatoms. The van der Waals surface area contributed by atoms with Gasteiger partial charge in [-0.25, -0.2) is 4.98 Å². The molecule has 1 rings (SSSR count). The van der Waals surface area contributed by atoms with E-state index in [1.807, 2.05) is 0 Å². The third-order valence-electron chi connectivity index (χ3n) is 4.20. The summed E-state index contributed by atoms with van der Waals surface area (Å²) in [7, 11) is 0. The normalized spacial score (nSPS) is 12.4. The summed E-state index contributed by atoms with van der Waals surface area (Å²) in [6.45, 7) is 3.01. The zero-order valence-electron chi connectivity index (χ0n) is 14.5. The van der Waals surface area contributed by atoms with Crippen molar-refractivity contribution in [2.45, 2.75) is 83.6 Å². The van der Waals surface area contributed by atoms with Crippen LogP contribution < -0.4 is 5.32 Å². The summed E-state index contributed by atoms with van der Waals surface area (Å²) in [6.07, 6.45) is 16.6. The molecule has 0 saturated heterocycles. The molecular weight excluding hydrogens is 290 g/mol. The Kier molecular flexibility index (Phi) is 11.2.